The molecule has 2 N–H and O–H groups in total. The molecule has 0 spiro atoms. The summed E-state index contributed by atoms with van der Waals surface area (Å²) in [5.41, 5.74) is 2.40. The Balaban J connectivity index is 1.55. The number of hydrogen-bond donors (Lipinski definition) is 2. The zero-order chi connectivity index (χ0) is 14.2. The number of aliphatic hydroxyl groups is 1. The molecule has 1 atom stereocenters. The van der Waals surface area contributed by atoms with Crippen molar-refractivity contribution in [3.05, 3.63) is 29.6 Å². The van der Waals surface area contributed by atoms with E-state index < -0.39 is 0 Å². The standard InChI is InChI=1S/C16H27N3O/c1-14-15(6-4-9-18-14)12-17-8-2-3-10-19-11-5-7-16(19)13-20/h4,6,9,16-17,20H,2-3,5,7-8,10-13H2,1H3. The Bertz CT molecular complexity index is 397. The second kappa shape index (κ2) is 8.35. The lowest BCUT2D eigenvalue weighted by Gasteiger charge is -2.22. The van der Waals surface area contributed by atoms with Gasteiger partial charge in [0.25, 0.3) is 0 Å². The molecule has 0 amide bonds. The average Bonchev–Trinajstić information content (AvgIpc) is 2.92. The Kier molecular flexibility index (Phi) is 6.43. The van der Waals surface area contributed by atoms with E-state index in [4.69, 9.17) is 0 Å². The third-order valence-corrected chi connectivity index (χ3v) is 4.19. The molecule has 1 aliphatic rings. The third-order valence-electron chi connectivity index (χ3n) is 4.19. The van der Waals surface area contributed by atoms with E-state index in [-0.39, 0.29) is 0 Å². The zero-order valence-electron chi connectivity index (χ0n) is 12.5. The summed E-state index contributed by atoms with van der Waals surface area (Å²) >= 11 is 0. The average molecular weight is 277 g/mol. The van der Waals surface area contributed by atoms with Gasteiger partial charge in [-0.3, -0.25) is 9.88 Å². The normalized spacial score (nSPS) is 19.6. The highest BCUT2D eigenvalue weighted by Gasteiger charge is 2.22. The van der Waals surface area contributed by atoms with Gasteiger partial charge in [-0.2, -0.15) is 0 Å². The number of hydrogen-bond acceptors (Lipinski definition) is 4. The smallest absolute Gasteiger partial charge is 0.0586 e. The summed E-state index contributed by atoms with van der Waals surface area (Å²) in [4.78, 5) is 6.73. The number of rotatable bonds is 8. The molecular weight excluding hydrogens is 250 g/mol. The number of aromatic nitrogens is 1. The minimum atomic E-state index is 0.318. The van der Waals surface area contributed by atoms with Crippen LogP contribution in [-0.2, 0) is 6.54 Å². The van der Waals surface area contributed by atoms with E-state index in [2.05, 4.69) is 28.2 Å². The fourth-order valence-electron chi connectivity index (χ4n) is 2.89. The van der Waals surface area contributed by atoms with Crippen molar-refractivity contribution in [3.63, 3.8) is 0 Å². The van der Waals surface area contributed by atoms with E-state index >= 15 is 0 Å². The van der Waals surface area contributed by atoms with Crippen molar-refractivity contribution in [3.8, 4) is 0 Å². The van der Waals surface area contributed by atoms with Crippen molar-refractivity contribution in [2.24, 2.45) is 0 Å². The Morgan fingerprint density at radius 2 is 2.35 bits per heavy atom. The summed E-state index contributed by atoms with van der Waals surface area (Å²) in [6, 6.07) is 4.54. The lowest BCUT2D eigenvalue weighted by molar-refractivity contribution is 0.157. The molecule has 1 fully saturated rings. The van der Waals surface area contributed by atoms with Crippen LogP contribution in [0.4, 0.5) is 0 Å². The highest BCUT2D eigenvalue weighted by atomic mass is 16.3. The first-order valence-electron chi connectivity index (χ1n) is 7.77. The molecular formula is C16H27N3O. The first-order chi connectivity index (χ1) is 9.81. The molecule has 4 nitrogen and oxygen atoms in total. The van der Waals surface area contributed by atoms with Crippen molar-refractivity contribution in [1.82, 2.24) is 15.2 Å². The maximum atomic E-state index is 9.27. The summed E-state index contributed by atoms with van der Waals surface area (Å²) in [6.07, 6.45) is 6.63. The Morgan fingerprint density at radius 3 is 3.15 bits per heavy atom. The van der Waals surface area contributed by atoms with Gasteiger partial charge >= 0.3 is 0 Å². The third kappa shape index (κ3) is 4.54. The van der Waals surface area contributed by atoms with Gasteiger partial charge in [-0.05, 0) is 63.9 Å². The number of aryl methyl sites for hydroxylation is 1. The summed E-state index contributed by atoms with van der Waals surface area (Å²) < 4.78 is 0. The molecule has 2 rings (SSSR count). The van der Waals surface area contributed by atoms with Crippen LogP contribution < -0.4 is 5.32 Å². The summed E-state index contributed by atoms with van der Waals surface area (Å²) in [6.45, 7) is 6.61. The molecule has 1 aromatic rings. The molecule has 2 heterocycles. The predicted octanol–water partition coefficient (Wildman–Crippen LogP) is 1.72. The molecule has 1 unspecified atom stereocenters. The second-order valence-corrected chi connectivity index (χ2v) is 5.65. The van der Waals surface area contributed by atoms with Crippen LogP contribution in [0.15, 0.2) is 18.3 Å². The fraction of sp³-hybridized carbons (Fsp3) is 0.688. The Labute approximate surface area is 122 Å². The number of pyridine rings is 1. The van der Waals surface area contributed by atoms with Gasteiger partial charge in [0.15, 0.2) is 0 Å². The van der Waals surface area contributed by atoms with E-state index in [0.717, 1.165) is 38.3 Å². The molecule has 1 aliphatic heterocycles. The maximum Gasteiger partial charge on any atom is 0.0586 e. The number of unbranched alkanes of at least 4 members (excludes halogenated alkanes) is 1. The molecule has 112 valence electrons. The topological polar surface area (TPSA) is 48.4 Å². The molecule has 0 aromatic carbocycles. The van der Waals surface area contributed by atoms with Gasteiger partial charge in [-0.1, -0.05) is 6.07 Å². The van der Waals surface area contributed by atoms with Crippen LogP contribution in [0.25, 0.3) is 0 Å². The van der Waals surface area contributed by atoms with Crippen molar-refractivity contribution < 1.29 is 5.11 Å². The number of likely N-dealkylation sites (tertiary alicyclic amines) is 1. The maximum absolute atomic E-state index is 9.27. The van der Waals surface area contributed by atoms with Crippen LogP contribution in [-0.4, -0.2) is 47.3 Å². The van der Waals surface area contributed by atoms with Gasteiger partial charge in [-0.25, -0.2) is 0 Å². The van der Waals surface area contributed by atoms with Crippen LogP contribution >= 0.6 is 0 Å². The Hall–Kier alpha value is -0.970. The quantitative estimate of drug-likeness (QED) is 0.710. The van der Waals surface area contributed by atoms with E-state index in [1.165, 1.54) is 24.8 Å². The van der Waals surface area contributed by atoms with Gasteiger partial charge in [0, 0.05) is 24.5 Å². The summed E-state index contributed by atoms with van der Waals surface area (Å²) in [7, 11) is 0. The van der Waals surface area contributed by atoms with E-state index in [1.54, 1.807) is 0 Å². The summed E-state index contributed by atoms with van der Waals surface area (Å²) in [5.74, 6) is 0. The first kappa shape index (κ1) is 15.4. The molecule has 1 aromatic heterocycles. The van der Waals surface area contributed by atoms with Crippen molar-refractivity contribution in [2.75, 3.05) is 26.2 Å². The van der Waals surface area contributed by atoms with Crippen LogP contribution in [0.5, 0.6) is 0 Å². The SMILES string of the molecule is Cc1ncccc1CNCCCCN1CCCC1CO. The van der Waals surface area contributed by atoms with Gasteiger partial charge in [0.05, 0.1) is 6.61 Å². The predicted molar refractivity (Wildman–Crippen MR) is 81.6 cm³/mol. The summed E-state index contributed by atoms with van der Waals surface area (Å²) in [5, 5.41) is 12.8. The fourth-order valence-corrected chi connectivity index (χ4v) is 2.89. The van der Waals surface area contributed by atoms with Gasteiger partial charge in [0.1, 0.15) is 0 Å². The van der Waals surface area contributed by atoms with Crippen LogP contribution in [0.1, 0.15) is 36.9 Å². The van der Waals surface area contributed by atoms with Gasteiger partial charge in [0.2, 0.25) is 0 Å². The lowest BCUT2D eigenvalue weighted by Crippen LogP contribution is -2.33. The van der Waals surface area contributed by atoms with Crippen LogP contribution in [0.2, 0.25) is 0 Å². The van der Waals surface area contributed by atoms with Gasteiger partial charge < -0.3 is 10.4 Å². The second-order valence-electron chi connectivity index (χ2n) is 5.65. The van der Waals surface area contributed by atoms with Crippen LogP contribution in [0, 0.1) is 6.92 Å². The molecule has 20 heavy (non-hydrogen) atoms. The van der Waals surface area contributed by atoms with Crippen molar-refractivity contribution in [2.45, 2.75) is 45.2 Å². The molecule has 0 aliphatic carbocycles. The number of nitrogens with one attached hydrogen (secondary N) is 1. The van der Waals surface area contributed by atoms with E-state index in [0.29, 0.717) is 12.6 Å². The first-order valence-corrected chi connectivity index (χ1v) is 7.77. The van der Waals surface area contributed by atoms with Crippen molar-refractivity contribution >= 4 is 0 Å². The van der Waals surface area contributed by atoms with Gasteiger partial charge in [-0.15, -0.1) is 0 Å². The Morgan fingerprint density at radius 1 is 1.45 bits per heavy atom. The minimum Gasteiger partial charge on any atom is -0.395 e. The van der Waals surface area contributed by atoms with Crippen LogP contribution in [0.3, 0.4) is 0 Å². The van der Waals surface area contributed by atoms with E-state index in [9.17, 15) is 5.11 Å². The largest absolute Gasteiger partial charge is 0.395 e. The molecule has 1 saturated heterocycles. The monoisotopic (exact) mass is 277 g/mol. The highest BCUT2D eigenvalue weighted by molar-refractivity contribution is 5.17. The molecule has 0 radical (unpaired) electrons. The lowest BCUT2D eigenvalue weighted by atomic mass is 10.2. The number of nitrogens with zero attached hydrogens (tertiary/aromatic N) is 2. The zero-order valence-corrected chi connectivity index (χ0v) is 12.5. The number of aliphatic hydroxyl groups excluding tert-OH is 1. The molecule has 0 bridgehead atoms. The highest BCUT2D eigenvalue weighted by Crippen LogP contribution is 2.16. The molecule has 4 heteroatoms. The molecule has 0 saturated carbocycles. The van der Waals surface area contributed by atoms with E-state index in [1.807, 2.05) is 12.3 Å². The van der Waals surface area contributed by atoms with Crippen molar-refractivity contribution in [1.29, 1.82) is 0 Å². The minimum absolute atomic E-state index is 0.318.